The third-order valence-corrected chi connectivity index (χ3v) is 7.75. The maximum atomic E-state index is 9.84. The SMILES string of the molecule is C[C@H]1CCC[C@H]2CN(C#N)CCc3c([nH]c4ccccc34)[C@@H](OCc3ccccc3)C[C@@H]21. The molecule has 1 saturated carbocycles. The Kier molecular flexibility index (Phi) is 6.19. The second-order valence-electron chi connectivity index (χ2n) is 9.71. The molecule has 2 heterocycles. The molecule has 0 unspecified atom stereocenters. The molecule has 2 aromatic carbocycles. The van der Waals surface area contributed by atoms with Crippen LogP contribution in [-0.2, 0) is 17.8 Å². The lowest BCUT2D eigenvalue weighted by atomic mass is 9.69. The summed E-state index contributed by atoms with van der Waals surface area (Å²) in [6, 6.07) is 19.1. The summed E-state index contributed by atoms with van der Waals surface area (Å²) in [4.78, 5) is 5.74. The van der Waals surface area contributed by atoms with Crippen LogP contribution in [0.2, 0.25) is 0 Å². The normalized spacial score (nSPS) is 26.2. The number of para-hydroxylation sites is 1. The number of hydrogen-bond donors (Lipinski definition) is 1. The summed E-state index contributed by atoms with van der Waals surface area (Å²) in [5.74, 6) is 1.79. The van der Waals surface area contributed by atoms with Gasteiger partial charge in [-0.3, -0.25) is 0 Å². The van der Waals surface area contributed by atoms with E-state index >= 15 is 0 Å². The summed E-state index contributed by atoms with van der Waals surface area (Å²) in [6.45, 7) is 4.68. The quantitative estimate of drug-likeness (QED) is 0.506. The molecule has 0 bridgehead atoms. The molecule has 4 nitrogen and oxygen atoms in total. The molecule has 2 aliphatic rings. The highest BCUT2D eigenvalue weighted by molar-refractivity contribution is 5.84. The number of nitriles is 1. The number of aromatic nitrogens is 1. The number of nitrogens with one attached hydrogen (secondary N) is 1. The Bertz CT molecular complexity index is 1080. The van der Waals surface area contributed by atoms with Gasteiger partial charge >= 0.3 is 0 Å². The summed E-state index contributed by atoms with van der Waals surface area (Å²) in [5.41, 5.74) is 4.92. The van der Waals surface area contributed by atoms with Gasteiger partial charge in [-0.2, -0.15) is 5.26 Å². The third-order valence-electron chi connectivity index (χ3n) is 7.75. The number of fused-ring (bicyclic) bond motifs is 4. The van der Waals surface area contributed by atoms with Crippen LogP contribution in [0.15, 0.2) is 54.6 Å². The van der Waals surface area contributed by atoms with Gasteiger partial charge in [-0.25, -0.2) is 0 Å². The molecule has 1 N–H and O–H groups in total. The van der Waals surface area contributed by atoms with Crippen molar-refractivity contribution in [1.29, 1.82) is 5.26 Å². The van der Waals surface area contributed by atoms with Crippen LogP contribution in [0.4, 0.5) is 0 Å². The van der Waals surface area contributed by atoms with Gasteiger partial charge in [-0.1, -0.05) is 68.3 Å². The highest BCUT2D eigenvalue weighted by Gasteiger charge is 2.36. The molecule has 0 radical (unpaired) electrons. The molecule has 32 heavy (non-hydrogen) atoms. The lowest BCUT2D eigenvalue weighted by Gasteiger charge is -2.40. The van der Waals surface area contributed by atoms with Crippen molar-refractivity contribution in [3.8, 4) is 6.19 Å². The lowest BCUT2D eigenvalue weighted by Crippen LogP contribution is -2.38. The fourth-order valence-electron chi connectivity index (χ4n) is 6.01. The van der Waals surface area contributed by atoms with Crippen LogP contribution in [0.5, 0.6) is 0 Å². The molecular formula is C28H33N3O. The molecule has 5 rings (SSSR count). The molecule has 166 valence electrons. The zero-order chi connectivity index (χ0) is 21.9. The predicted molar refractivity (Wildman–Crippen MR) is 128 cm³/mol. The maximum Gasteiger partial charge on any atom is 0.179 e. The molecule has 3 aromatic rings. The van der Waals surface area contributed by atoms with Gasteiger partial charge in [0.15, 0.2) is 6.19 Å². The molecule has 0 spiro atoms. The highest BCUT2D eigenvalue weighted by Crippen LogP contribution is 2.43. The predicted octanol–water partition coefficient (Wildman–Crippen LogP) is 6.21. The second-order valence-corrected chi connectivity index (χ2v) is 9.71. The van der Waals surface area contributed by atoms with Crippen LogP contribution in [0, 0.1) is 29.2 Å². The van der Waals surface area contributed by atoms with Crippen LogP contribution < -0.4 is 0 Å². The molecular weight excluding hydrogens is 394 g/mol. The second kappa shape index (κ2) is 9.38. The fourth-order valence-corrected chi connectivity index (χ4v) is 6.01. The smallest absolute Gasteiger partial charge is 0.179 e. The first-order valence-corrected chi connectivity index (χ1v) is 12.1. The Hall–Kier alpha value is -2.77. The summed E-state index contributed by atoms with van der Waals surface area (Å²) >= 11 is 0. The standard InChI is InChI=1S/C28H33N3O/c1-20-8-7-11-22-17-31(19-29)15-14-24-23-12-5-6-13-26(23)30-28(24)27(16-25(20)22)32-18-21-9-3-2-4-10-21/h2-6,9-10,12-13,20,22,25,27,30H,7-8,11,14-18H2,1H3/t20-,22-,25+,27-/m0/s1. The van der Waals surface area contributed by atoms with Crippen LogP contribution in [0.25, 0.3) is 10.9 Å². The van der Waals surface area contributed by atoms with Gasteiger partial charge in [0.1, 0.15) is 0 Å². The van der Waals surface area contributed by atoms with Gasteiger partial charge < -0.3 is 14.6 Å². The average Bonchev–Trinajstić information content (AvgIpc) is 3.20. The Morgan fingerprint density at radius 3 is 2.75 bits per heavy atom. The van der Waals surface area contributed by atoms with Crippen molar-refractivity contribution in [3.05, 3.63) is 71.4 Å². The summed E-state index contributed by atoms with van der Waals surface area (Å²) in [5, 5.41) is 11.1. The van der Waals surface area contributed by atoms with E-state index in [1.165, 1.54) is 47.0 Å². The Labute approximate surface area is 191 Å². The van der Waals surface area contributed by atoms with Gasteiger partial charge in [0, 0.05) is 29.7 Å². The fraction of sp³-hybridized carbons (Fsp3) is 0.464. The number of nitrogens with zero attached hydrogens (tertiary/aromatic N) is 2. The van der Waals surface area contributed by atoms with E-state index in [0.717, 1.165) is 25.9 Å². The number of H-pyrrole nitrogens is 1. The van der Waals surface area contributed by atoms with E-state index in [4.69, 9.17) is 4.74 Å². The molecule has 1 aromatic heterocycles. The van der Waals surface area contributed by atoms with Crippen molar-refractivity contribution < 1.29 is 4.74 Å². The van der Waals surface area contributed by atoms with Crippen molar-refractivity contribution in [3.63, 3.8) is 0 Å². The minimum Gasteiger partial charge on any atom is -0.367 e. The lowest BCUT2D eigenvalue weighted by molar-refractivity contribution is -0.00632. The van der Waals surface area contributed by atoms with E-state index in [0.29, 0.717) is 24.4 Å². The molecule has 4 atom stereocenters. The molecule has 1 fully saturated rings. The summed E-state index contributed by atoms with van der Waals surface area (Å²) in [7, 11) is 0. The number of aromatic amines is 1. The highest BCUT2D eigenvalue weighted by atomic mass is 16.5. The number of benzene rings is 2. The first-order valence-electron chi connectivity index (χ1n) is 12.1. The minimum absolute atomic E-state index is 0.0410. The molecule has 1 aliphatic heterocycles. The summed E-state index contributed by atoms with van der Waals surface area (Å²) in [6.07, 6.45) is 8.18. The monoisotopic (exact) mass is 427 g/mol. The first-order chi connectivity index (χ1) is 15.7. The number of rotatable bonds is 3. The van der Waals surface area contributed by atoms with Gasteiger partial charge in [-0.15, -0.1) is 0 Å². The van der Waals surface area contributed by atoms with Crippen LogP contribution >= 0.6 is 0 Å². The van der Waals surface area contributed by atoms with Gasteiger partial charge in [0.05, 0.1) is 12.7 Å². The van der Waals surface area contributed by atoms with Gasteiger partial charge in [-0.05, 0) is 54.2 Å². The molecule has 1 aliphatic carbocycles. The average molecular weight is 428 g/mol. The summed E-state index contributed by atoms with van der Waals surface area (Å²) < 4.78 is 6.70. The van der Waals surface area contributed by atoms with Crippen molar-refractivity contribution in [1.82, 2.24) is 9.88 Å². The molecule has 0 saturated heterocycles. The van der Waals surface area contributed by atoms with Crippen molar-refractivity contribution >= 4 is 10.9 Å². The number of ether oxygens (including phenoxy) is 1. The minimum atomic E-state index is 0.0410. The van der Waals surface area contributed by atoms with Crippen molar-refractivity contribution in [2.45, 2.75) is 51.7 Å². The molecule has 4 heteroatoms. The van der Waals surface area contributed by atoms with Gasteiger partial charge in [0.25, 0.3) is 0 Å². The maximum absolute atomic E-state index is 9.84. The Morgan fingerprint density at radius 2 is 1.91 bits per heavy atom. The first kappa shape index (κ1) is 21.1. The van der Waals surface area contributed by atoms with Crippen LogP contribution in [-0.4, -0.2) is 23.0 Å². The Morgan fingerprint density at radius 1 is 1.09 bits per heavy atom. The largest absolute Gasteiger partial charge is 0.367 e. The van der Waals surface area contributed by atoms with Crippen LogP contribution in [0.1, 0.15) is 55.5 Å². The Balaban J connectivity index is 1.55. The van der Waals surface area contributed by atoms with Gasteiger partial charge in [0.2, 0.25) is 0 Å². The van der Waals surface area contributed by atoms with E-state index in [2.05, 4.69) is 72.7 Å². The van der Waals surface area contributed by atoms with Crippen molar-refractivity contribution in [2.75, 3.05) is 13.1 Å². The van der Waals surface area contributed by atoms with E-state index in [1.807, 2.05) is 4.90 Å². The van der Waals surface area contributed by atoms with Crippen molar-refractivity contribution in [2.24, 2.45) is 17.8 Å². The zero-order valence-electron chi connectivity index (χ0n) is 19.0. The van der Waals surface area contributed by atoms with E-state index in [1.54, 1.807) is 0 Å². The van der Waals surface area contributed by atoms with E-state index in [9.17, 15) is 5.26 Å². The topological polar surface area (TPSA) is 52.0 Å². The zero-order valence-corrected chi connectivity index (χ0v) is 19.0. The third kappa shape index (κ3) is 4.27. The van der Waals surface area contributed by atoms with E-state index < -0.39 is 0 Å². The van der Waals surface area contributed by atoms with Crippen LogP contribution in [0.3, 0.4) is 0 Å². The number of hydrogen-bond acceptors (Lipinski definition) is 3. The molecule has 0 amide bonds. The van der Waals surface area contributed by atoms with E-state index in [-0.39, 0.29) is 6.10 Å².